The summed E-state index contributed by atoms with van der Waals surface area (Å²) >= 11 is 0.905. The van der Waals surface area contributed by atoms with Crippen molar-refractivity contribution in [2.45, 2.75) is 19.8 Å². The van der Waals surface area contributed by atoms with Gasteiger partial charge in [0.1, 0.15) is 10.9 Å². The summed E-state index contributed by atoms with van der Waals surface area (Å²) < 4.78 is 5.84. The van der Waals surface area contributed by atoms with Crippen LogP contribution in [0.2, 0.25) is 0 Å². The van der Waals surface area contributed by atoms with Gasteiger partial charge in [-0.05, 0) is 53.6 Å². The number of thiocyanates is 1. The zero-order valence-corrected chi connectivity index (χ0v) is 14.8. The Bertz CT molecular complexity index is 957. The molecule has 5 nitrogen and oxygen atoms in total. The summed E-state index contributed by atoms with van der Waals surface area (Å²) in [7, 11) is 0. The van der Waals surface area contributed by atoms with Crippen LogP contribution in [0.5, 0.6) is 0 Å². The Kier molecular flexibility index (Phi) is 5.05. The number of hydrogen-bond donors (Lipinski definition) is 1. The number of nitriles is 1. The van der Waals surface area contributed by atoms with Gasteiger partial charge in [-0.25, -0.2) is 4.98 Å². The van der Waals surface area contributed by atoms with Crippen LogP contribution in [0.25, 0.3) is 22.6 Å². The van der Waals surface area contributed by atoms with Gasteiger partial charge in [0.25, 0.3) is 0 Å². The molecule has 0 spiro atoms. The Morgan fingerprint density at radius 2 is 2.16 bits per heavy atom. The SMILES string of the molecule is CC(C)c1ccc2oc(-c3cccc(NC(=O)CSC#N)c3)nc2c1. The highest BCUT2D eigenvalue weighted by Crippen LogP contribution is 2.28. The van der Waals surface area contributed by atoms with E-state index in [-0.39, 0.29) is 11.7 Å². The molecule has 1 N–H and O–H groups in total. The van der Waals surface area contributed by atoms with E-state index in [1.165, 1.54) is 5.56 Å². The molecule has 1 aromatic heterocycles. The third-order valence-corrected chi connectivity index (χ3v) is 4.28. The minimum absolute atomic E-state index is 0.0988. The van der Waals surface area contributed by atoms with Crippen LogP contribution < -0.4 is 5.32 Å². The summed E-state index contributed by atoms with van der Waals surface area (Å²) in [5.74, 6) is 0.817. The lowest BCUT2D eigenvalue weighted by Crippen LogP contribution is -2.13. The molecule has 0 bridgehead atoms. The summed E-state index contributed by atoms with van der Waals surface area (Å²) in [5.41, 5.74) is 4.20. The highest BCUT2D eigenvalue weighted by molar-refractivity contribution is 8.04. The highest BCUT2D eigenvalue weighted by atomic mass is 32.2. The number of oxazole rings is 1. The van der Waals surface area contributed by atoms with Crippen LogP contribution in [0.3, 0.4) is 0 Å². The van der Waals surface area contributed by atoms with Crippen molar-refractivity contribution in [2.24, 2.45) is 0 Å². The molecule has 3 aromatic rings. The minimum Gasteiger partial charge on any atom is -0.436 e. The first-order valence-electron chi connectivity index (χ1n) is 7.88. The van der Waals surface area contributed by atoms with E-state index in [4.69, 9.17) is 9.68 Å². The maximum absolute atomic E-state index is 11.7. The first-order valence-corrected chi connectivity index (χ1v) is 8.87. The summed E-state index contributed by atoms with van der Waals surface area (Å²) in [6, 6.07) is 13.3. The Morgan fingerprint density at radius 3 is 2.92 bits per heavy atom. The molecule has 0 aliphatic rings. The molecular weight excluding hydrogens is 334 g/mol. The van der Waals surface area contributed by atoms with E-state index in [1.807, 2.05) is 41.8 Å². The van der Waals surface area contributed by atoms with Gasteiger partial charge in [0.05, 0.1) is 5.75 Å². The molecule has 1 heterocycles. The fraction of sp³-hybridized carbons (Fsp3) is 0.211. The Labute approximate surface area is 150 Å². The molecule has 0 unspecified atom stereocenters. The van der Waals surface area contributed by atoms with Crippen LogP contribution in [-0.2, 0) is 4.79 Å². The van der Waals surface area contributed by atoms with Gasteiger partial charge < -0.3 is 9.73 Å². The van der Waals surface area contributed by atoms with Gasteiger partial charge in [-0.3, -0.25) is 4.79 Å². The van der Waals surface area contributed by atoms with E-state index in [0.717, 1.165) is 28.4 Å². The van der Waals surface area contributed by atoms with Crippen molar-refractivity contribution in [3.8, 4) is 16.9 Å². The second kappa shape index (κ2) is 7.41. The van der Waals surface area contributed by atoms with Gasteiger partial charge in [-0.2, -0.15) is 5.26 Å². The number of fused-ring (bicyclic) bond motifs is 1. The zero-order chi connectivity index (χ0) is 17.8. The van der Waals surface area contributed by atoms with E-state index in [9.17, 15) is 4.79 Å². The second-order valence-corrected chi connectivity index (χ2v) is 6.67. The Balaban J connectivity index is 1.86. The van der Waals surface area contributed by atoms with Crippen molar-refractivity contribution in [2.75, 3.05) is 11.1 Å². The number of nitrogens with zero attached hydrogens (tertiary/aromatic N) is 2. The minimum atomic E-state index is -0.220. The normalized spacial score (nSPS) is 10.8. The van der Waals surface area contributed by atoms with Gasteiger partial charge >= 0.3 is 0 Å². The lowest BCUT2D eigenvalue weighted by Gasteiger charge is -2.04. The first-order chi connectivity index (χ1) is 12.1. The molecule has 126 valence electrons. The molecule has 0 fully saturated rings. The van der Waals surface area contributed by atoms with E-state index in [0.29, 0.717) is 17.5 Å². The summed E-state index contributed by atoms with van der Waals surface area (Å²) in [6.45, 7) is 4.28. The van der Waals surface area contributed by atoms with E-state index in [1.54, 1.807) is 6.07 Å². The number of carbonyl (C=O) groups is 1. The molecule has 25 heavy (non-hydrogen) atoms. The Morgan fingerprint density at radius 1 is 1.32 bits per heavy atom. The fourth-order valence-electron chi connectivity index (χ4n) is 2.45. The quantitative estimate of drug-likeness (QED) is 0.670. The number of rotatable bonds is 5. The predicted molar refractivity (Wildman–Crippen MR) is 100 cm³/mol. The highest BCUT2D eigenvalue weighted by Gasteiger charge is 2.11. The predicted octanol–water partition coefficient (Wildman–Crippen LogP) is 4.77. The number of thioether (sulfide) groups is 1. The molecule has 1 amide bonds. The topological polar surface area (TPSA) is 78.9 Å². The standard InChI is InChI=1S/C19H17N3O2S/c1-12(2)13-6-7-17-16(9-13)22-19(24-17)14-4-3-5-15(8-14)21-18(23)10-25-11-20/h3-9,12H,10H2,1-2H3,(H,21,23). The molecule has 3 rings (SSSR count). The molecule has 0 radical (unpaired) electrons. The third-order valence-electron chi connectivity index (χ3n) is 3.74. The second-order valence-electron chi connectivity index (χ2n) is 5.91. The van der Waals surface area contributed by atoms with Gasteiger partial charge in [0.15, 0.2) is 5.58 Å². The zero-order valence-electron chi connectivity index (χ0n) is 13.9. The van der Waals surface area contributed by atoms with E-state index < -0.39 is 0 Å². The lowest BCUT2D eigenvalue weighted by molar-refractivity contribution is -0.113. The third kappa shape index (κ3) is 4.01. The molecule has 0 saturated carbocycles. The van der Waals surface area contributed by atoms with Crippen molar-refractivity contribution in [3.05, 3.63) is 48.0 Å². The molecular formula is C19H17N3O2S. The van der Waals surface area contributed by atoms with E-state index >= 15 is 0 Å². The van der Waals surface area contributed by atoms with Crippen LogP contribution in [0.1, 0.15) is 25.3 Å². The summed E-state index contributed by atoms with van der Waals surface area (Å²) in [6.07, 6.45) is 0. The van der Waals surface area contributed by atoms with Crippen LogP contribution in [0.15, 0.2) is 46.9 Å². The van der Waals surface area contributed by atoms with Gasteiger partial charge in [-0.15, -0.1) is 0 Å². The van der Waals surface area contributed by atoms with Gasteiger partial charge in [0, 0.05) is 11.3 Å². The summed E-state index contributed by atoms with van der Waals surface area (Å²) in [4.78, 5) is 16.3. The monoisotopic (exact) mass is 351 g/mol. The van der Waals surface area contributed by atoms with Crippen LogP contribution in [0.4, 0.5) is 5.69 Å². The average molecular weight is 351 g/mol. The van der Waals surface area contributed by atoms with E-state index in [2.05, 4.69) is 24.1 Å². The number of anilines is 1. The molecule has 0 aliphatic heterocycles. The lowest BCUT2D eigenvalue weighted by atomic mass is 10.0. The van der Waals surface area contributed by atoms with Gasteiger partial charge in [0.2, 0.25) is 11.8 Å². The number of amides is 1. The van der Waals surface area contributed by atoms with Gasteiger partial charge in [-0.1, -0.05) is 26.0 Å². The largest absolute Gasteiger partial charge is 0.436 e. The molecule has 0 atom stereocenters. The first kappa shape index (κ1) is 17.1. The van der Waals surface area contributed by atoms with Crippen molar-refractivity contribution in [1.82, 2.24) is 4.98 Å². The molecule has 0 saturated heterocycles. The van der Waals surface area contributed by atoms with Crippen LogP contribution >= 0.6 is 11.8 Å². The molecule has 2 aromatic carbocycles. The summed E-state index contributed by atoms with van der Waals surface area (Å²) in [5, 5.41) is 13.2. The fourth-order valence-corrected chi connectivity index (χ4v) is 2.72. The van der Waals surface area contributed by atoms with Crippen LogP contribution in [-0.4, -0.2) is 16.6 Å². The molecule has 6 heteroatoms. The number of hydrogen-bond acceptors (Lipinski definition) is 5. The Hall–Kier alpha value is -2.78. The van der Waals surface area contributed by atoms with Crippen molar-refractivity contribution >= 4 is 34.5 Å². The number of benzene rings is 2. The average Bonchev–Trinajstić information content (AvgIpc) is 3.03. The number of carbonyl (C=O) groups excluding carboxylic acids is 1. The smallest absolute Gasteiger partial charge is 0.235 e. The maximum atomic E-state index is 11.7. The van der Waals surface area contributed by atoms with Crippen LogP contribution in [0, 0.1) is 10.7 Å². The van der Waals surface area contributed by atoms with Crippen molar-refractivity contribution < 1.29 is 9.21 Å². The number of aromatic nitrogens is 1. The maximum Gasteiger partial charge on any atom is 0.235 e. The van der Waals surface area contributed by atoms with Crippen molar-refractivity contribution in [1.29, 1.82) is 5.26 Å². The molecule has 0 aliphatic carbocycles. The van der Waals surface area contributed by atoms with Crippen molar-refractivity contribution in [3.63, 3.8) is 0 Å². The number of nitrogens with one attached hydrogen (secondary N) is 1.